The maximum absolute atomic E-state index is 11.9. The molecule has 1 N–H and O–H groups in total. The molecule has 5 nitrogen and oxygen atoms in total. The second-order valence-electron chi connectivity index (χ2n) is 5.35. The van der Waals surface area contributed by atoms with Gasteiger partial charge in [0.05, 0.1) is 25.2 Å². The number of hydrogen-bond donors (Lipinski definition) is 1. The first-order chi connectivity index (χ1) is 11.8. The van der Waals surface area contributed by atoms with E-state index in [4.69, 9.17) is 9.15 Å². The van der Waals surface area contributed by atoms with Crippen molar-refractivity contribution in [3.8, 4) is 11.3 Å². The fraction of sp³-hybridized carbons (Fsp3) is 0.111. The van der Waals surface area contributed by atoms with Crippen LogP contribution in [-0.4, -0.2) is 10.9 Å². The summed E-state index contributed by atoms with van der Waals surface area (Å²) >= 11 is 1.40. The maximum atomic E-state index is 11.9. The Labute approximate surface area is 142 Å². The van der Waals surface area contributed by atoms with Gasteiger partial charge < -0.3 is 9.15 Å². The Bertz CT molecular complexity index is 897. The second-order valence-corrected chi connectivity index (χ2v) is 6.21. The Morgan fingerprint density at radius 1 is 1.25 bits per heavy atom. The van der Waals surface area contributed by atoms with Gasteiger partial charge in [0.15, 0.2) is 5.13 Å². The molecule has 1 aromatic carbocycles. The number of furan rings is 1. The van der Waals surface area contributed by atoms with Gasteiger partial charge in [0.1, 0.15) is 5.76 Å². The standard InChI is InChI=1S/C18H14N2O3S/c21-17(6-5-15-2-1-7-23-15)20-18-19-16(11-24-18)12-3-4-13-9-22-10-14(13)8-12/h1-8,11H,9-10H2,(H,19,20,21)/b6-5-. The SMILES string of the molecule is O=C(/C=C\c1ccco1)Nc1nc(-c2ccc3c(c2)COC3)cs1. The number of nitrogens with zero attached hydrogens (tertiary/aromatic N) is 1. The lowest BCUT2D eigenvalue weighted by molar-refractivity contribution is -0.111. The molecule has 3 aromatic rings. The third-order valence-corrected chi connectivity index (χ3v) is 4.45. The van der Waals surface area contributed by atoms with Gasteiger partial charge in [-0.3, -0.25) is 10.1 Å². The van der Waals surface area contributed by atoms with Gasteiger partial charge in [-0.1, -0.05) is 12.1 Å². The Morgan fingerprint density at radius 3 is 3.04 bits per heavy atom. The summed E-state index contributed by atoms with van der Waals surface area (Å²) in [6.45, 7) is 1.32. The van der Waals surface area contributed by atoms with Crippen molar-refractivity contribution < 1.29 is 13.9 Å². The fourth-order valence-electron chi connectivity index (χ4n) is 2.49. The van der Waals surface area contributed by atoms with Gasteiger partial charge in [-0.25, -0.2) is 4.98 Å². The van der Waals surface area contributed by atoms with Crippen LogP contribution in [-0.2, 0) is 22.7 Å². The van der Waals surface area contributed by atoms with Crippen LogP contribution < -0.4 is 5.32 Å². The van der Waals surface area contributed by atoms with E-state index in [1.165, 1.54) is 28.5 Å². The highest BCUT2D eigenvalue weighted by Crippen LogP contribution is 2.29. The summed E-state index contributed by atoms with van der Waals surface area (Å²) in [5.41, 5.74) is 4.31. The monoisotopic (exact) mass is 338 g/mol. The summed E-state index contributed by atoms with van der Waals surface area (Å²) in [6, 6.07) is 9.75. The molecule has 0 saturated heterocycles. The number of benzene rings is 1. The van der Waals surface area contributed by atoms with Crippen LogP contribution in [0, 0.1) is 0 Å². The lowest BCUT2D eigenvalue weighted by Crippen LogP contribution is -2.07. The molecular formula is C18H14N2O3S. The number of ether oxygens (including phenoxy) is 1. The highest BCUT2D eigenvalue weighted by atomic mass is 32.1. The summed E-state index contributed by atoms with van der Waals surface area (Å²) in [5.74, 6) is 0.389. The zero-order chi connectivity index (χ0) is 16.4. The van der Waals surface area contributed by atoms with Crippen molar-refractivity contribution in [2.45, 2.75) is 13.2 Å². The Balaban J connectivity index is 1.46. The van der Waals surface area contributed by atoms with Gasteiger partial charge >= 0.3 is 0 Å². The lowest BCUT2D eigenvalue weighted by Gasteiger charge is -2.00. The van der Waals surface area contributed by atoms with Crippen LogP contribution in [0.15, 0.2) is 52.5 Å². The number of nitrogens with one attached hydrogen (secondary N) is 1. The van der Waals surface area contributed by atoms with Crippen molar-refractivity contribution in [1.29, 1.82) is 0 Å². The number of aromatic nitrogens is 1. The molecule has 1 amide bonds. The molecule has 1 aliphatic rings. The molecule has 3 heterocycles. The lowest BCUT2D eigenvalue weighted by atomic mass is 10.1. The normalized spacial score (nSPS) is 13.3. The van der Waals surface area contributed by atoms with E-state index in [2.05, 4.69) is 22.4 Å². The van der Waals surface area contributed by atoms with E-state index >= 15 is 0 Å². The average Bonchev–Trinajstić information content (AvgIpc) is 3.33. The summed E-state index contributed by atoms with van der Waals surface area (Å²) in [6.07, 6.45) is 4.60. The van der Waals surface area contributed by atoms with E-state index in [0.717, 1.165) is 11.3 Å². The highest BCUT2D eigenvalue weighted by molar-refractivity contribution is 7.14. The van der Waals surface area contributed by atoms with Crippen molar-refractivity contribution in [2.75, 3.05) is 5.32 Å². The molecule has 0 atom stereocenters. The van der Waals surface area contributed by atoms with E-state index in [1.54, 1.807) is 24.5 Å². The van der Waals surface area contributed by atoms with Crippen molar-refractivity contribution in [3.63, 3.8) is 0 Å². The molecule has 1 aliphatic heterocycles. The van der Waals surface area contributed by atoms with Crippen LogP contribution in [0.5, 0.6) is 0 Å². The summed E-state index contributed by atoms with van der Waals surface area (Å²) in [4.78, 5) is 16.4. The van der Waals surface area contributed by atoms with Gasteiger partial charge in [-0.15, -0.1) is 11.3 Å². The van der Waals surface area contributed by atoms with Crippen LogP contribution in [0.4, 0.5) is 5.13 Å². The largest absolute Gasteiger partial charge is 0.465 e. The summed E-state index contributed by atoms with van der Waals surface area (Å²) in [5, 5.41) is 5.26. The van der Waals surface area contributed by atoms with Crippen molar-refractivity contribution in [3.05, 3.63) is 64.9 Å². The molecule has 0 spiro atoms. The number of hydrogen-bond acceptors (Lipinski definition) is 5. The molecule has 0 aliphatic carbocycles. The van der Waals surface area contributed by atoms with Crippen molar-refractivity contribution in [1.82, 2.24) is 4.98 Å². The first-order valence-electron chi connectivity index (χ1n) is 7.46. The number of carbonyl (C=O) groups excluding carboxylic acids is 1. The third kappa shape index (κ3) is 3.15. The van der Waals surface area contributed by atoms with E-state index < -0.39 is 0 Å². The minimum absolute atomic E-state index is 0.241. The minimum atomic E-state index is -0.241. The van der Waals surface area contributed by atoms with Gasteiger partial charge in [0.2, 0.25) is 5.91 Å². The number of amides is 1. The molecular weight excluding hydrogens is 324 g/mol. The summed E-state index contributed by atoms with van der Waals surface area (Å²) in [7, 11) is 0. The van der Waals surface area contributed by atoms with Crippen LogP contribution in [0.3, 0.4) is 0 Å². The van der Waals surface area contributed by atoms with Gasteiger partial charge in [0, 0.05) is 17.0 Å². The number of carbonyl (C=O) groups is 1. The quantitative estimate of drug-likeness (QED) is 0.728. The van der Waals surface area contributed by atoms with E-state index in [0.29, 0.717) is 24.1 Å². The van der Waals surface area contributed by atoms with Crippen LogP contribution in [0.2, 0.25) is 0 Å². The van der Waals surface area contributed by atoms with Gasteiger partial charge in [-0.2, -0.15) is 0 Å². The van der Waals surface area contributed by atoms with E-state index in [9.17, 15) is 4.79 Å². The van der Waals surface area contributed by atoms with Gasteiger partial charge in [0.25, 0.3) is 0 Å². The molecule has 0 saturated carbocycles. The molecule has 0 unspecified atom stereocenters. The van der Waals surface area contributed by atoms with Crippen LogP contribution in [0.25, 0.3) is 17.3 Å². The van der Waals surface area contributed by atoms with Crippen LogP contribution in [0.1, 0.15) is 16.9 Å². The minimum Gasteiger partial charge on any atom is -0.465 e. The molecule has 0 bridgehead atoms. The Morgan fingerprint density at radius 2 is 2.17 bits per heavy atom. The third-order valence-electron chi connectivity index (χ3n) is 3.69. The van der Waals surface area contributed by atoms with Crippen molar-refractivity contribution >= 4 is 28.5 Å². The maximum Gasteiger partial charge on any atom is 0.250 e. The molecule has 4 rings (SSSR count). The zero-order valence-electron chi connectivity index (χ0n) is 12.7. The van der Waals surface area contributed by atoms with E-state index in [-0.39, 0.29) is 5.91 Å². The predicted octanol–water partition coefficient (Wildman–Crippen LogP) is 4.09. The fourth-order valence-corrected chi connectivity index (χ4v) is 3.21. The van der Waals surface area contributed by atoms with Crippen LogP contribution >= 0.6 is 11.3 Å². The molecule has 24 heavy (non-hydrogen) atoms. The zero-order valence-corrected chi connectivity index (χ0v) is 13.5. The average molecular weight is 338 g/mol. The number of thiazole rings is 1. The topological polar surface area (TPSA) is 64.4 Å². The first kappa shape index (κ1) is 14.9. The number of anilines is 1. The highest BCUT2D eigenvalue weighted by Gasteiger charge is 2.13. The van der Waals surface area contributed by atoms with Crippen molar-refractivity contribution in [2.24, 2.45) is 0 Å². The number of rotatable bonds is 4. The van der Waals surface area contributed by atoms with Gasteiger partial charge in [-0.05, 0) is 35.4 Å². The Kier molecular flexibility index (Phi) is 3.98. The van der Waals surface area contributed by atoms with E-state index in [1.807, 2.05) is 11.4 Å². The second kappa shape index (κ2) is 6.43. The Hall–Kier alpha value is -2.70. The smallest absolute Gasteiger partial charge is 0.250 e. The molecule has 120 valence electrons. The molecule has 0 radical (unpaired) electrons. The molecule has 0 fully saturated rings. The molecule has 6 heteroatoms. The molecule has 2 aromatic heterocycles. The summed E-state index contributed by atoms with van der Waals surface area (Å²) < 4.78 is 10.6. The predicted molar refractivity (Wildman–Crippen MR) is 92.4 cm³/mol. The number of fused-ring (bicyclic) bond motifs is 1. The first-order valence-corrected chi connectivity index (χ1v) is 8.34.